The van der Waals surface area contributed by atoms with Crippen molar-refractivity contribution >= 4 is 11.8 Å². The number of nitrogens with zero attached hydrogens (tertiary/aromatic N) is 2. The number of morpholine rings is 1. The van der Waals surface area contributed by atoms with E-state index in [4.69, 9.17) is 4.74 Å². The number of hydrogen-bond acceptors (Lipinski definition) is 3. The molecule has 0 spiro atoms. The third kappa shape index (κ3) is 2.27. The second-order valence-electron chi connectivity index (χ2n) is 5.64. The third-order valence-corrected chi connectivity index (χ3v) is 4.51. The average molecular weight is 264 g/mol. The van der Waals surface area contributed by atoms with Gasteiger partial charge < -0.3 is 14.5 Å². The molecule has 2 amide bonds. The van der Waals surface area contributed by atoms with E-state index >= 15 is 0 Å². The summed E-state index contributed by atoms with van der Waals surface area (Å²) in [6.07, 6.45) is 4.15. The highest BCUT2D eigenvalue weighted by molar-refractivity contribution is 5.87. The molecular formula is C14H20N2O3. The normalized spacial score (nSPS) is 30.7. The highest BCUT2D eigenvalue weighted by atomic mass is 16.5. The van der Waals surface area contributed by atoms with Crippen LogP contribution in [0.4, 0.5) is 0 Å². The summed E-state index contributed by atoms with van der Waals surface area (Å²) in [5.41, 5.74) is 0. The number of hydrogen-bond donors (Lipinski definition) is 0. The molecule has 3 aliphatic heterocycles. The van der Waals surface area contributed by atoms with Crippen LogP contribution >= 0.6 is 0 Å². The fourth-order valence-corrected chi connectivity index (χ4v) is 3.38. The maximum Gasteiger partial charge on any atom is 0.245 e. The molecule has 0 aromatic heterocycles. The first-order valence-electron chi connectivity index (χ1n) is 7.02. The topological polar surface area (TPSA) is 49.9 Å². The van der Waals surface area contributed by atoms with Crippen molar-refractivity contribution in [1.29, 1.82) is 0 Å². The van der Waals surface area contributed by atoms with Crippen LogP contribution in [-0.2, 0) is 14.3 Å². The minimum Gasteiger partial charge on any atom is -0.374 e. The zero-order chi connectivity index (χ0) is 13.4. The lowest BCUT2D eigenvalue weighted by atomic mass is 9.95. The zero-order valence-corrected chi connectivity index (χ0v) is 11.1. The van der Waals surface area contributed by atoms with E-state index in [2.05, 4.69) is 6.58 Å². The van der Waals surface area contributed by atoms with Crippen molar-refractivity contribution in [1.82, 2.24) is 9.80 Å². The molecule has 0 N–H and O–H groups in total. The molecule has 0 aromatic carbocycles. The van der Waals surface area contributed by atoms with E-state index in [1.165, 1.54) is 6.08 Å². The summed E-state index contributed by atoms with van der Waals surface area (Å²) >= 11 is 0. The van der Waals surface area contributed by atoms with Crippen LogP contribution in [0.15, 0.2) is 12.7 Å². The number of likely N-dealkylation sites (tertiary alicyclic amines) is 2. The van der Waals surface area contributed by atoms with Gasteiger partial charge in [0.25, 0.3) is 0 Å². The molecule has 19 heavy (non-hydrogen) atoms. The van der Waals surface area contributed by atoms with Gasteiger partial charge in [0.15, 0.2) is 0 Å². The maximum absolute atomic E-state index is 12.5. The zero-order valence-electron chi connectivity index (χ0n) is 11.1. The van der Waals surface area contributed by atoms with Crippen LogP contribution in [0.1, 0.15) is 19.3 Å². The lowest BCUT2D eigenvalue weighted by molar-refractivity contribution is -0.143. The predicted octanol–water partition coefficient (Wildman–Crippen LogP) is 0.411. The van der Waals surface area contributed by atoms with Crippen LogP contribution in [0, 0.1) is 5.92 Å². The number of piperidine rings is 1. The third-order valence-electron chi connectivity index (χ3n) is 4.51. The molecule has 3 heterocycles. The smallest absolute Gasteiger partial charge is 0.245 e. The van der Waals surface area contributed by atoms with Crippen LogP contribution in [0.25, 0.3) is 0 Å². The number of amides is 2. The summed E-state index contributed by atoms with van der Waals surface area (Å²) < 4.78 is 5.52. The summed E-state index contributed by atoms with van der Waals surface area (Å²) in [5, 5.41) is 0. The van der Waals surface area contributed by atoms with Gasteiger partial charge in [0, 0.05) is 25.6 Å². The van der Waals surface area contributed by atoms with Crippen molar-refractivity contribution in [2.45, 2.75) is 31.4 Å². The van der Waals surface area contributed by atoms with Crippen molar-refractivity contribution in [3.8, 4) is 0 Å². The van der Waals surface area contributed by atoms with Gasteiger partial charge >= 0.3 is 0 Å². The van der Waals surface area contributed by atoms with Crippen LogP contribution in [0.2, 0.25) is 0 Å². The van der Waals surface area contributed by atoms with Gasteiger partial charge in [0.1, 0.15) is 0 Å². The van der Waals surface area contributed by atoms with E-state index in [1.807, 2.05) is 4.90 Å². The highest BCUT2D eigenvalue weighted by Gasteiger charge is 2.43. The molecule has 0 unspecified atom stereocenters. The summed E-state index contributed by atoms with van der Waals surface area (Å²) in [4.78, 5) is 27.8. The van der Waals surface area contributed by atoms with Gasteiger partial charge in [0.2, 0.25) is 11.8 Å². The highest BCUT2D eigenvalue weighted by Crippen LogP contribution is 2.31. The van der Waals surface area contributed by atoms with E-state index in [9.17, 15) is 9.59 Å². The average Bonchev–Trinajstić information content (AvgIpc) is 3.08. The quantitative estimate of drug-likeness (QED) is 0.679. The molecule has 3 fully saturated rings. The molecule has 0 radical (unpaired) electrons. The fourth-order valence-electron chi connectivity index (χ4n) is 3.38. The van der Waals surface area contributed by atoms with Gasteiger partial charge in [0.05, 0.1) is 18.8 Å². The van der Waals surface area contributed by atoms with Crippen LogP contribution in [0.5, 0.6) is 0 Å². The molecule has 104 valence electrons. The van der Waals surface area contributed by atoms with E-state index < -0.39 is 0 Å². The number of fused-ring (bicyclic) bond motifs is 2. The van der Waals surface area contributed by atoms with Gasteiger partial charge in [-0.3, -0.25) is 9.59 Å². The Hall–Kier alpha value is -1.36. The van der Waals surface area contributed by atoms with Gasteiger partial charge in [-0.25, -0.2) is 0 Å². The van der Waals surface area contributed by atoms with Gasteiger partial charge in [-0.15, -0.1) is 0 Å². The van der Waals surface area contributed by atoms with Crippen molar-refractivity contribution < 1.29 is 14.3 Å². The Morgan fingerprint density at radius 3 is 2.53 bits per heavy atom. The summed E-state index contributed by atoms with van der Waals surface area (Å²) in [6.45, 7) is 6.29. The van der Waals surface area contributed by atoms with E-state index in [0.717, 1.165) is 25.8 Å². The van der Waals surface area contributed by atoms with Crippen molar-refractivity contribution in [2.75, 3.05) is 26.2 Å². The second-order valence-corrected chi connectivity index (χ2v) is 5.64. The Labute approximate surface area is 113 Å². The summed E-state index contributed by atoms with van der Waals surface area (Å²) in [7, 11) is 0. The first-order valence-corrected chi connectivity index (χ1v) is 7.02. The van der Waals surface area contributed by atoms with Gasteiger partial charge in [-0.2, -0.15) is 0 Å². The monoisotopic (exact) mass is 264 g/mol. The minimum atomic E-state index is -0.0282. The standard InChI is InChI=1S/C14H20N2O3/c1-2-13(17)15-5-3-10(4-6-15)14(18)16-8-12-7-11(16)9-19-12/h2,10-12H,1,3-9H2/t11-,12-/m0/s1. The number of carbonyl (C=O) groups is 2. The second kappa shape index (κ2) is 4.96. The first-order chi connectivity index (χ1) is 9.19. The Morgan fingerprint density at radius 1 is 1.26 bits per heavy atom. The van der Waals surface area contributed by atoms with Crippen LogP contribution in [-0.4, -0.2) is 60.0 Å². The van der Waals surface area contributed by atoms with Gasteiger partial charge in [-0.1, -0.05) is 6.58 Å². The molecule has 0 saturated carbocycles. The Morgan fingerprint density at radius 2 is 2.00 bits per heavy atom. The number of rotatable bonds is 2. The summed E-state index contributed by atoms with van der Waals surface area (Å²) in [6, 6.07) is 0.297. The van der Waals surface area contributed by atoms with Crippen LogP contribution < -0.4 is 0 Å². The molecule has 0 aliphatic carbocycles. The SMILES string of the molecule is C=CC(=O)N1CCC(C(=O)N2C[C@@H]3C[C@H]2CO3)CC1. The van der Waals surface area contributed by atoms with E-state index in [1.54, 1.807) is 4.90 Å². The number of carbonyl (C=O) groups excluding carboxylic acids is 2. The Kier molecular flexibility index (Phi) is 3.31. The minimum absolute atomic E-state index is 0.0282. The molecule has 5 nitrogen and oxygen atoms in total. The largest absolute Gasteiger partial charge is 0.374 e. The fraction of sp³-hybridized carbons (Fsp3) is 0.714. The van der Waals surface area contributed by atoms with E-state index in [-0.39, 0.29) is 23.8 Å². The van der Waals surface area contributed by atoms with Crippen LogP contribution in [0.3, 0.4) is 0 Å². The first kappa shape index (κ1) is 12.7. The lowest BCUT2D eigenvalue weighted by Crippen LogP contribution is -2.48. The van der Waals surface area contributed by atoms with Crippen molar-refractivity contribution in [3.05, 3.63) is 12.7 Å². The van der Waals surface area contributed by atoms with Gasteiger partial charge in [-0.05, 0) is 25.3 Å². The van der Waals surface area contributed by atoms with Crippen molar-refractivity contribution in [2.24, 2.45) is 5.92 Å². The lowest BCUT2D eigenvalue weighted by Gasteiger charge is -2.35. The van der Waals surface area contributed by atoms with Crippen molar-refractivity contribution in [3.63, 3.8) is 0 Å². The Balaban J connectivity index is 1.55. The Bertz CT molecular complexity index is 401. The maximum atomic E-state index is 12.5. The molecule has 3 aliphatic rings. The molecule has 0 aromatic rings. The molecular weight excluding hydrogens is 244 g/mol. The molecule has 2 atom stereocenters. The number of ether oxygens (including phenoxy) is 1. The van der Waals surface area contributed by atoms with E-state index in [0.29, 0.717) is 25.7 Å². The molecule has 3 rings (SSSR count). The molecule has 3 saturated heterocycles. The predicted molar refractivity (Wildman–Crippen MR) is 69.4 cm³/mol. The summed E-state index contributed by atoms with van der Waals surface area (Å²) in [5.74, 6) is 0.314. The molecule has 2 bridgehead atoms. The molecule has 5 heteroatoms.